The molecule has 0 saturated heterocycles. The number of methoxy groups -OCH3 is 2. The zero-order chi connectivity index (χ0) is 25.4. The lowest BCUT2D eigenvalue weighted by atomic mass is 10.1. The second kappa shape index (κ2) is 12.0. The molecule has 0 unspecified atom stereocenters. The van der Waals surface area contributed by atoms with Crippen molar-refractivity contribution in [3.8, 4) is 11.5 Å². The molecule has 1 aliphatic rings. The average molecular weight is 503 g/mol. The van der Waals surface area contributed by atoms with Gasteiger partial charge in [-0.2, -0.15) is 9.39 Å². The van der Waals surface area contributed by atoms with E-state index in [0.29, 0.717) is 36.3 Å². The summed E-state index contributed by atoms with van der Waals surface area (Å²) in [7, 11) is 5.20. The van der Waals surface area contributed by atoms with E-state index in [0.717, 1.165) is 24.4 Å². The van der Waals surface area contributed by atoms with Crippen LogP contribution in [0.15, 0.2) is 46.3 Å². The Labute approximate surface area is 211 Å². The van der Waals surface area contributed by atoms with Crippen LogP contribution in [-0.4, -0.2) is 82.9 Å². The Balaban J connectivity index is 1.65. The molecule has 10 nitrogen and oxygen atoms in total. The van der Waals surface area contributed by atoms with Gasteiger partial charge in [-0.25, -0.2) is 9.78 Å². The number of amidine groups is 1. The molecule has 3 rings (SSSR count). The Kier molecular flexibility index (Phi) is 9.02. The number of hydrogen-bond donors (Lipinski definition) is 0. The van der Waals surface area contributed by atoms with E-state index in [1.54, 1.807) is 36.2 Å². The summed E-state index contributed by atoms with van der Waals surface area (Å²) in [5.41, 5.74) is 0.344. The van der Waals surface area contributed by atoms with Crippen LogP contribution >= 0.6 is 11.9 Å². The van der Waals surface area contributed by atoms with E-state index in [1.807, 2.05) is 52.2 Å². The molecule has 1 aliphatic heterocycles. The fourth-order valence-corrected chi connectivity index (χ4v) is 4.10. The van der Waals surface area contributed by atoms with Crippen molar-refractivity contribution in [2.24, 2.45) is 9.39 Å². The van der Waals surface area contributed by atoms with Crippen LogP contribution in [0.2, 0.25) is 0 Å². The molecular formula is C24H34N6O4S. The van der Waals surface area contributed by atoms with Crippen LogP contribution in [0.4, 0.5) is 4.79 Å². The predicted molar refractivity (Wildman–Crippen MR) is 138 cm³/mol. The smallest absolute Gasteiger partial charge is 0.410 e. The minimum atomic E-state index is -0.583. The molecule has 11 heteroatoms. The van der Waals surface area contributed by atoms with Gasteiger partial charge in [0.15, 0.2) is 11.5 Å². The summed E-state index contributed by atoms with van der Waals surface area (Å²) in [6.45, 7) is 7.24. The third-order valence-electron chi connectivity index (χ3n) is 5.14. The monoisotopic (exact) mass is 502 g/mol. The van der Waals surface area contributed by atoms with Gasteiger partial charge in [-0.15, -0.1) is 0 Å². The molecule has 0 radical (unpaired) electrons. The van der Waals surface area contributed by atoms with Crippen molar-refractivity contribution in [3.63, 3.8) is 0 Å². The van der Waals surface area contributed by atoms with Gasteiger partial charge in [0, 0.05) is 39.1 Å². The van der Waals surface area contributed by atoms with Gasteiger partial charge in [0.1, 0.15) is 17.8 Å². The molecule has 2 aromatic rings. The summed E-state index contributed by atoms with van der Waals surface area (Å²) < 4.78 is 22.6. The Morgan fingerprint density at radius 2 is 1.94 bits per heavy atom. The highest BCUT2D eigenvalue weighted by Gasteiger charge is 2.23. The van der Waals surface area contributed by atoms with Crippen LogP contribution in [0, 0.1) is 0 Å². The van der Waals surface area contributed by atoms with Crippen molar-refractivity contribution in [3.05, 3.63) is 42.5 Å². The van der Waals surface area contributed by atoms with Gasteiger partial charge in [0.05, 0.1) is 20.0 Å². The number of carbonyl (C=O) groups is 1. The maximum atomic E-state index is 13.0. The highest BCUT2D eigenvalue weighted by atomic mass is 32.2. The Bertz CT molecular complexity index is 1050. The molecule has 1 aromatic carbocycles. The van der Waals surface area contributed by atoms with Crippen LogP contribution in [0.3, 0.4) is 0 Å². The first kappa shape index (κ1) is 26.4. The number of aliphatic imine (C=N–C) groups is 1. The first-order chi connectivity index (χ1) is 16.7. The number of carbonyl (C=O) groups excluding carboxylic acids is 1. The van der Waals surface area contributed by atoms with E-state index in [4.69, 9.17) is 14.2 Å². The standard InChI is InChI=1S/C24H34N6O4S/c1-24(2,3)34-23(31)29(15-18-8-9-19(32-5)20(14-18)33-6)12-7-11-28(4)21-16-35-27-22(26-21)30-13-10-25-17-30/h8-10,13-14,17H,7,11-12,15-16H2,1-6H3. The lowest BCUT2D eigenvalue weighted by molar-refractivity contribution is 0.0229. The molecule has 0 aliphatic carbocycles. The van der Waals surface area contributed by atoms with Gasteiger partial charge < -0.3 is 24.0 Å². The SMILES string of the molecule is COc1ccc(CN(CCCN(C)C2=NC(n3ccnc3)=NSC2)C(=O)OC(C)(C)C)cc1OC. The highest BCUT2D eigenvalue weighted by Crippen LogP contribution is 2.28. The summed E-state index contributed by atoms with van der Waals surface area (Å²) in [6.07, 6.45) is 5.58. The second-order valence-electron chi connectivity index (χ2n) is 9.03. The number of rotatable bonds is 8. The second-order valence-corrected chi connectivity index (χ2v) is 9.76. The van der Waals surface area contributed by atoms with E-state index in [-0.39, 0.29) is 6.09 Å². The van der Waals surface area contributed by atoms with Gasteiger partial charge >= 0.3 is 6.09 Å². The number of aromatic nitrogens is 2. The van der Waals surface area contributed by atoms with E-state index < -0.39 is 5.60 Å². The molecule has 1 amide bonds. The van der Waals surface area contributed by atoms with Gasteiger partial charge in [-0.05, 0) is 56.8 Å². The van der Waals surface area contributed by atoms with E-state index in [9.17, 15) is 4.79 Å². The first-order valence-electron chi connectivity index (χ1n) is 11.4. The van der Waals surface area contributed by atoms with Crippen molar-refractivity contribution in [2.75, 3.05) is 40.1 Å². The Morgan fingerprint density at radius 3 is 2.60 bits per heavy atom. The summed E-state index contributed by atoms with van der Waals surface area (Å²) in [4.78, 5) is 25.5. The molecule has 0 atom stereocenters. The molecule has 0 spiro atoms. The molecule has 2 heterocycles. The van der Waals surface area contributed by atoms with Crippen molar-refractivity contribution < 1.29 is 19.0 Å². The molecule has 35 heavy (non-hydrogen) atoms. The van der Waals surface area contributed by atoms with E-state index in [1.165, 1.54) is 11.9 Å². The highest BCUT2D eigenvalue weighted by molar-refractivity contribution is 7.98. The molecule has 0 bridgehead atoms. The Morgan fingerprint density at radius 1 is 1.17 bits per heavy atom. The minimum absolute atomic E-state index is 0.352. The van der Waals surface area contributed by atoms with Crippen molar-refractivity contribution in [2.45, 2.75) is 39.3 Å². The van der Waals surface area contributed by atoms with Gasteiger partial charge in [-0.1, -0.05) is 6.07 Å². The number of ether oxygens (including phenoxy) is 3. The number of hydrogen-bond acceptors (Lipinski definition) is 9. The average Bonchev–Trinajstić information content (AvgIpc) is 3.37. The van der Waals surface area contributed by atoms with Crippen molar-refractivity contribution in [1.29, 1.82) is 0 Å². The van der Waals surface area contributed by atoms with Crippen molar-refractivity contribution >= 4 is 29.8 Å². The first-order valence-corrected chi connectivity index (χ1v) is 12.3. The molecular weight excluding hydrogens is 468 g/mol. The summed E-state index contributed by atoms with van der Waals surface area (Å²) >= 11 is 1.46. The third kappa shape index (κ3) is 7.64. The van der Waals surface area contributed by atoms with Gasteiger partial charge in [0.25, 0.3) is 0 Å². The summed E-state index contributed by atoms with van der Waals surface area (Å²) in [5.74, 6) is 3.49. The van der Waals surface area contributed by atoms with Crippen LogP contribution in [0.5, 0.6) is 11.5 Å². The predicted octanol–water partition coefficient (Wildman–Crippen LogP) is 3.92. The van der Waals surface area contributed by atoms with Crippen LogP contribution in [0.25, 0.3) is 0 Å². The molecule has 190 valence electrons. The summed E-state index contributed by atoms with van der Waals surface area (Å²) in [6, 6.07) is 5.65. The lowest BCUT2D eigenvalue weighted by Gasteiger charge is -2.29. The van der Waals surface area contributed by atoms with Crippen LogP contribution in [-0.2, 0) is 11.3 Å². The lowest BCUT2D eigenvalue weighted by Crippen LogP contribution is -2.39. The molecule has 0 saturated carbocycles. The summed E-state index contributed by atoms with van der Waals surface area (Å²) in [5, 5.41) is 0. The largest absolute Gasteiger partial charge is 0.493 e. The number of nitrogens with zero attached hydrogens (tertiary/aromatic N) is 6. The number of imidazole rings is 1. The maximum Gasteiger partial charge on any atom is 0.410 e. The molecule has 1 aromatic heterocycles. The number of benzene rings is 1. The fourth-order valence-electron chi connectivity index (χ4n) is 3.38. The fraction of sp³-hybridized carbons (Fsp3) is 0.500. The van der Waals surface area contributed by atoms with Gasteiger partial charge in [0.2, 0.25) is 5.96 Å². The molecule has 0 fully saturated rings. The zero-order valence-electron chi connectivity index (χ0n) is 21.2. The Hall–Kier alpha value is -3.21. The zero-order valence-corrected chi connectivity index (χ0v) is 22.0. The minimum Gasteiger partial charge on any atom is -0.493 e. The quantitative estimate of drug-likeness (QED) is 0.505. The van der Waals surface area contributed by atoms with Crippen LogP contribution < -0.4 is 9.47 Å². The van der Waals surface area contributed by atoms with Gasteiger partial charge in [-0.3, -0.25) is 4.57 Å². The topological polar surface area (TPSA) is 93.8 Å². The molecule has 0 N–H and O–H groups in total. The third-order valence-corrected chi connectivity index (χ3v) is 5.82. The number of amides is 1. The maximum absolute atomic E-state index is 13.0. The van der Waals surface area contributed by atoms with E-state index in [2.05, 4.69) is 19.3 Å². The normalized spacial score (nSPS) is 13.5. The van der Waals surface area contributed by atoms with Crippen LogP contribution in [0.1, 0.15) is 32.8 Å². The van der Waals surface area contributed by atoms with Crippen molar-refractivity contribution in [1.82, 2.24) is 19.4 Å². The van der Waals surface area contributed by atoms with E-state index >= 15 is 0 Å².